The number of phenolic OH excluding ortho intramolecular Hbond substituents is 1. The number of aromatic hydroxyl groups is 1. The molecular weight excluding hydrogens is 222 g/mol. The van der Waals surface area contributed by atoms with Crippen molar-refractivity contribution in [3.05, 3.63) is 28.8 Å². The Morgan fingerprint density at radius 3 is 2.75 bits per heavy atom. The van der Waals surface area contributed by atoms with Crippen LogP contribution in [0, 0.1) is 5.92 Å². The number of nitrogens with two attached hydrogens (primary N) is 1. The maximum Gasteiger partial charge on any atom is 0.134 e. The molecule has 0 amide bonds. The normalized spacial score (nSPS) is 25.6. The lowest BCUT2D eigenvalue weighted by molar-refractivity contribution is 0.306. The van der Waals surface area contributed by atoms with E-state index in [1.54, 1.807) is 6.07 Å². The average molecular weight is 240 g/mol. The molecular formula is C13H18ClNO. The van der Waals surface area contributed by atoms with Crippen LogP contribution in [0.25, 0.3) is 0 Å². The quantitative estimate of drug-likeness (QED) is 0.833. The van der Waals surface area contributed by atoms with Crippen molar-refractivity contribution in [1.82, 2.24) is 0 Å². The van der Waals surface area contributed by atoms with Crippen LogP contribution >= 0.6 is 11.6 Å². The molecule has 2 nitrogen and oxygen atoms in total. The first-order chi connectivity index (χ1) is 7.66. The highest BCUT2D eigenvalue weighted by Crippen LogP contribution is 2.29. The summed E-state index contributed by atoms with van der Waals surface area (Å²) in [6, 6.07) is 5.76. The summed E-state index contributed by atoms with van der Waals surface area (Å²) in [5.74, 6) is 0.715. The van der Waals surface area contributed by atoms with Gasteiger partial charge < -0.3 is 10.8 Å². The van der Waals surface area contributed by atoms with Crippen molar-refractivity contribution in [2.45, 2.75) is 38.1 Å². The number of benzene rings is 1. The van der Waals surface area contributed by atoms with Crippen LogP contribution in [-0.2, 0) is 6.42 Å². The van der Waals surface area contributed by atoms with Gasteiger partial charge in [0.25, 0.3) is 0 Å². The van der Waals surface area contributed by atoms with Crippen LogP contribution < -0.4 is 5.73 Å². The van der Waals surface area contributed by atoms with Gasteiger partial charge in [-0.05, 0) is 42.9 Å². The highest BCUT2D eigenvalue weighted by Gasteiger charge is 2.21. The summed E-state index contributed by atoms with van der Waals surface area (Å²) in [6.45, 7) is 0. The van der Waals surface area contributed by atoms with Gasteiger partial charge in [0.15, 0.2) is 0 Å². The Morgan fingerprint density at radius 1 is 1.31 bits per heavy atom. The topological polar surface area (TPSA) is 46.2 Å². The largest absolute Gasteiger partial charge is 0.506 e. The van der Waals surface area contributed by atoms with Crippen molar-refractivity contribution in [2.75, 3.05) is 0 Å². The molecule has 3 heteroatoms. The van der Waals surface area contributed by atoms with Crippen molar-refractivity contribution in [2.24, 2.45) is 11.7 Å². The lowest BCUT2D eigenvalue weighted by Gasteiger charge is -2.28. The molecule has 0 bridgehead atoms. The van der Waals surface area contributed by atoms with Crippen LogP contribution in [-0.4, -0.2) is 11.1 Å². The first-order valence-electron chi connectivity index (χ1n) is 5.90. The number of halogens is 1. The maximum absolute atomic E-state index is 9.34. The van der Waals surface area contributed by atoms with Crippen LogP contribution in [0.4, 0.5) is 0 Å². The van der Waals surface area contributed by atoms with Crippen molar-refractivity contribution in [3.8, 4) is 5.75 Å². The predicted molar refractivity (Wildman–Crippen MR) is 66.8 cm³/mol. The van der Waals surface area contributed by atoms with Crippen LogP contribution in [0.1, 0.15) is 31.2 Å². The van der Waals surface area contributed by atoms with Gasteiger partial charge in [0.1, 0.15) is 5.75 Å². The molecule has 0 heterocycles. The molecule has 0 aliphatic heterocycles. The monoisotopic (exact) mass is 239 g/mol. The SMILES string of the molecule is NC1CCCCC1Cc1ccc(O)c(Cl)c1. The lowest BCUT2D eigenvalue weighted by Crippen LogP contribution is -2.34. The first kappa shape index (κ1) is 11.7. The van der Waals surface area contributed by atoms with Crippen LogP contribution in [0.15, 0.2) is 18.2 Å². The zero-order valence-corrected chi connectivity index (χ0v) is 10.1. The van der Waals surface area contributed by atoms with Crippen LogP contribution in [0.3, 0.4) is 0 Å². The molecule has 0 aromatic heterocycles. The van der Waals surface area contributed by atoms with E-state index in [1.165, 1.54) is 24.8 Å². The molecule has 2 atom stereocenters. The minimum atomic E-state index is 0.151. The van der Waals surface area contributed by atoms with Crippen molar-refractivity contribution in [1.29, 1.82) is 0 Å². The van der Waals surface area contributed by atoms with E-state index in [1.807, 2.05) is 12.1 Å². The van der Waals surface area contributed by atoms with Crippen molar-refractivity contribution >= 4 is 11.6 Å². The molecule has 1 fully saturated rings. The third-order valence-electron chi connectivity index (χ3n) is 3.48. The predicted octanol–water partition coefficient (Wildman–Crippen LogP) is 3.11. The number of rotatable bonds is 2. The third-order valence-corrected chi connectivity index (χ3v) is 3.78. The van der Waals surface area contributed by atoms with Gasteiger partial charge in [0, 0.05) is 6.04 Å². The van der Waals surface area contributed by atoms with Crippen LogP contribution in [0.2, 0.25) is 5.02 Å². The number of phenols is 1. The molecule has 1 aliphatic carbocycles. The molecule has 1 aromatic rings. The molecule has 0 radical (unpaired) electrons. The van der Waals surface area contributed by atoms with Gasteiger partial charge in [0.2, 0.25) is 0 Å². The smallest absolute Gasteiger partial charge is 0.134 e. The van der Waals surface area contributed by atoms with E-state index in [0.717, 1.165) is 12.8 Å². The molecule has 3 N–H and O–H groups in total. The highest BCUT2D eigenvalue weighted by molar-refractivity contribution is 6.32. The second kappa shape index (κ2) is 5.07. The molecule has 2 rings (SSSR count). The molecule has 1 aliphatic rings. The summed E-state index contributed by atoms with van der Waals surface area (Å²) >= 11 is 5.89. The summed E-state index contributed by atoms with van der Waals surface area (Å²) < 4.78 is 0. The van der Waals surface area contributed by atoms with Gasteiger partial charge in [-0.2, -0.15) is 0 Å². The molecule has 2 unspecified atom stereocenters. The van der Waals surface area contributed by atoms with Gasteiger partial charge in [-0.15, -0.1) is 0 Å². The zero-order chi connectivity index (χ0) is 11.5. The Balaban J connectivity index is 2.05. The van der Waals surface area contributed by atoms with Crippen LogP contribution in [0.5, 0.6) is 5.75 Å². The van der Waals surface area contributed by atoms with Crippen molar-refractivity contribution < 1.29 is 5.11 Å². The standard InChI is InChI=1S/C13H18ClNO/c14-11-8-9(5-6-13(11)16)7-10-3-1-2-4-12(10)15/h5-6,8,10,12,16H,1-4,7,15H2. The van der Waals surface area contributed by atoms with Gasteiger partial charge in [-0.3, -0.25) is 0 Å². The number of hydrogen-bond donors (Lipinski definition) is 2. The Kier molecular flexibility index (Phi) is 3.72. The first-order valence-corrected chi connectivity index (χ1v) is 6.27. The summed E-state index contributed by atoms with van der Waals surface area (Å²) in [6.07, 6.45) is 5.86. The Bertz CT molecular complexity index is 367. The van der Waals surface area contributed by atoms with E-state index in [4.69, 9.17) is 17.3 Å². The fourth-order valence-electron chi connectivity index (χ4n) is 2.47. The molecule has 1 saturated carbocycles. The minimum Gasteiger partial charge on any atom is -0.506 e. The third kappa shape index (κ3) is 2.69. The van der Waals surface area contributed by atoms with E-state index in [9.17, 15) is 5.11 Å². The Morgan fingerprint density at radius 2 is 2.06 bits per heavy atom. The molecule has 1 aromatic carbocycles. The van der Waals surface area contributed by atoms with Gasteiger partial charge in [0.05, 0.1) is 5.02 Å². The highest BCUT2D eigenvalue weighted by atomic mass is 35.5. The second-order valence-electron chi connectivity index (χ2n) is 4.70. The Labute approximate surface area is 101 Å². The molecule has 0 saturated heterocycles. The summed E-state index contributed by atoms with van der Waals surface area (Å²) in [5.41, 5.74) is 7.28. The van der Waals surface area contributed by atoms with Gasteiger partial charge in [-0.25, -0.2) is 0 Å². The summed E-state index contributed by atoms with van der Waals surface area (Å²) in [4.78, 5) is 0. The minimum absolute atomic E-state index is 0.151. The van der Waals surface area contributed by atoms with Gasteiger partial charge in [-0.1, -0.05) is 30.5 Å². The van der Waals surface area contributed by atoms with E-state index in [2.05, 4.69) is 0 Å². The fourth-order valence-corrected chi connectivity index (χ4v) is 2.67. The molecule has 88 valence electrons. The van der Waals surface area contributed by atoms with E-state index < -0.39 is 0 Å². The van der Waals surface area contributed by atoms with E-state index >= 15 is 0 Å². The molecule has 0 spiro atoms. The second-order valence-corrected chi connectivity index (χ2v) is 5.11. The van der Waals surface area contributed by atoms with Crippen molar-refractivity contribution in [3.63, 3.8) is 0 Å². The van der Waals surface area contributed by atoms with E-state index in [-0.39, 0.29) is 5.75 Å². The van der Waals surface area contributed by atoms with E-state index in [0.29, 0.717) is 17.0 Å². The maximum atomic E-state index is 9.34. The molecule has 16 heavy (non-hydrogen) atoms. The Hall–Kier alpha value is -0.730. The van der Waals surface area contributed by atoms with Gasteiger partial charge >= 0.3 is 0 Å². The lowest BCUT2D eigenvalue weighted by atomic mass is 9.81. The number of hydrogen-bond acceptors (Lipinski definition) is 2. The summed E-state index contributed by atoms with van der Waals surface area (Å²) in [5, 5.41) is 9.78. The average Bonchev–Trinajstić information content (AvgIpc) is 2.27. The fraction of sp³-hybridized carbons (Fsp3) is 0.538. The zero-order valence-electron chi connectivity index (χ0n) is 9.32. The summed E-state index contributed by atoms with van der Waals surface area (Å²) in [7, 11) is 0.